The van der Waals surface area contributed by atoms with E-state index < -0.39 is 0 Å². The Morgan fingerprint density at radius 2 is 2.19 bits per heavy atom. The van der Waals surface area contributed by atoms with Crippen LogP contribution in [-0.2, 0) is 9.53 Å². The van der Waals surface area contributed by atoms with Crippen molar-refractivity contribution < 1.29 is 9.53 Å². The third kappa shape index (κ3) is 3.74. The second kappa shape index (κ2) is 7.48. The van der Waals surface area contributed by atoms with Gasteiger partial charge in [-0.05, 0) is 49.6 Å². The van der Waals surface area contributed by atoms with Gasteiger partial charge in [0.1, 0.15) is 5.82 Å². The Hall–Kier alpha value is -2.37. The van der Waals surface area contributed by atoms with E-state index in [4.69, 9.17) is 16.3 Å². The molecule has 1 aliphatic heterocycles. The summed E-state index contributed by atoms with van der Waals surface area (Å²) in [5.74, 6) is 0.721. The summed E-state index contributed by atoms with van der Waals surface area (Å²) < 4.78 is 5.56. The minimum absolute atomic E-state index is 0.00527. The molecule has 1 atom stereocenters. The average Bonchev–Trinajstić information content (AvgIpc) is 3.29. The SMILES string of the molecule is O=C(CCC1CCCO1)Nc1ccc2nc(-c3ccccc3Cl)[nH]c2c1. The predicted molar refractivity (Wildman–Crippen MR) is 103 cm³/mol. The molecule has 0 radical (unpaired) electrons. The van der Waals surface area contributed by atoms with Crippen molar-refractivity contribution >= 4 is 34.2 Å². The molecule has 0 spiro atoms. The highest BCUT2D eigenvalue weighted by Crippen LogP contribution is 2.28. The molecule has 5 nitrogen and oxygen atoms in total. The number of hydrogen-bond acceptors (Lipinski definition) is 3. The average molecular weight is 370 g/mol. The monoisotopic (exact) mass is 369 g/mol. The van der Waals surface area contributed by atoms with Crippen LogP contribution in [0, 0.1) is 0 Å². The van der Waals surface area contributed by atoms with Crippen molar-refractivity contribution in [3.63, 3.8) is 0 Å². The van der Waals surface area contributed by atoms with Gasteiger partial charge in [0.25, 0.3) is 0 Å². The van der Waals surface area contributed by atoms with Crippen LogP contribution in [0.4, 0.5) is 5.69 Å². The first kappa shape index (κ1) is 17.1. The van der Waals surface area contributed by atoms with E-state index in [9.17, 15) is 4.79 Å². The van der Waals surface area contributed by atoms with Gasteiger partial charge in [-0.15, -0.1) is 0 Å². The fourth-order valence-electron chi connectivity index (χ4n) is 3.26. The van der Waals surface area contributed by atoms with Crippen molar-refractivity contribution in [3.8, 4) is 11.4 Å². The number of fused-ring (bicyclic) bond motifs is 1. The summed E-state index contributed by atoms with van der Waals surface area (Å²) >= 11 is 6.25. The van der Waals surface area contributed by atoms with Gasteiger partial charge in [-0.25, -0.2) is 4.98 Å². The normalized spacial score (nSPS) is 16.9. The molecule has 3 aromatic rings. The second-order valence-corrected chi connectivity index (χ2v) is 6.93. The highest BCUT2D eigenvalue weighted by atomic mass is 35.5. The molecule has 1 aromatic heterocycles. The van der Waals surface area contributed by atoms with Gasteiger partial charge in [-0.2, -0.15) is 0 Å². The van der Waals surface area contributed by atoms with Crippen LogP contribution >= 0.6 is 11.6 Å². The van der Waals surface area contributed by atoms with Crippen molar-refractivity contribution in [3.05, 3.63) is 47.5 Å². The number of halogens is 1. The van der Waals surface area contributed by atoms with Gasteiger partial charge in [0, 0.05) is 24.3 Å². The smallest absolute Gasteiger partial charge is 0.224 e. The maximum atomic E-state index is 12.2. The molecule has 4 rings (SSSR count). The fourth-order valence-corrected chi connectivity index (χ4v) is 3.48. The van der Waals surface area contributed by atoms with Gasteiger partial charge in [0.15, 0.2) is 0 Å². The summed E-state index contributed by atoms with van der Waals surface area (Å²) in [5.41, 5.74) is 3.30. The Bertz CT molecular complexity index is 932. The summed E-state index contributed by atoms with van der Waals surface area (Å²) in [4.78, 5) is 20.0. The topological polar surface area (TPSA) is 67.0 Å². The Morgan fingerprint density at radius 3 is 3.00 bits per heavy atom. The molecule has 1 unspecified atom stereocenters. The number of ether oxygens (including phenoxy) is 1. The van der Waals surface area contributed by atoms with E-state index >= 15 is 0 Å². The van der Waals surface area contributed by atoms with Crippen molar-refractivity contribution in [1.82, 2.24) is 9.97 Å². The van der Waals surface area contributed by atoms with Crippen molar-refractivity contribution in [2.24, 2.45) is 0 Å². The van der Waals surface area contributed by atoms with Gasteiger partial charge in [-0.3, -0.25) is 4.79 Å². The molecular formula is C20H20ClN3O2. The molecule has 2 heterocycles. The van der Waals surface area contributed by atoms with E-state index in [1.165, 1.54) is 0 Å². The minimum Gasteiger partial charge on any atom is -0.378 e. The van der Waals surface area contributed by atoms with Crippen LogP contribution < -0.4 is 5.32 Å². The van der Waals surface area contributed by atoms with E-state index in [0.29, 0.717) is 17.3 Å². The van der Waals surface area contributed by atoms with Gasteiger partial charge in [0.05, 0.1) is 22.2 Å². The van der Waals surface area contributed by atoms with E-state index in [0.717, 1.165) is 48.2 Å². The number of amides is 1. The lowest BCUT2D eigenvalue weighted by Crippen LogP contribution is -2.15. The number of rotatable bonds is 5. The molecule has 2 N–H and O–H groups in total. The van der Waals surface area contributed by atoms with Gasteiger partial charge < -0.3 is 15.0 Å². The minimum atomic E-state index is 0.00527. The molecule has 1 saturated heterocycles. The number of carbonyl (C=O) groups is 1. The molecule has 0 aliphatic carbocycles. The number of nitrogens with zero attached hydrogens (tertiary/aromatic N) is 1. The first-order valence-electron chi connectivity index (χ1n) is 8.85. The highest BCUT2D eigenvalue weighted by Gasteiger charge is 2.17. The van der Waals surface area contributed by atoms with Crippen LogP contribution in [0.25, 0.3) is 22.4 Å². The Morgan fingerprint density at radius 1 is 1.31 bits per heavy atom. The summed E-state index contributed by atoms with van der Waals surface area (Å²) in [6, 6.07) is 13.2. The number of aromatic nitrogens is 2. The molecule has 1 aliphatic rings. The molecule has 134 valence electrons. The van der Waals surface area contributed by atoms with E-state index in [-0.39, 0.29) is 12.0 Å². The number of benzene rings is 2. The second-order valence-electron chi connectivity index (χ2n) is 6.52. The van der Waals surface area contributed by atoms with Crippen LogP contribution in [0.5, 0.6) is 0 Å². The molecular weight excluding hydrogens is 350 g/mol. The van der Waals surface area contributed by atoms with Crippen molar-refractivity contribution in [2.45, 2.75) is 31.8 Å². The lowest BCUT2D eigenvalue weighted by atomic mass is 10.1. The predicted octanol–water partition coefficient (Wildman–Crippen LogP) is 4.78. The highest BCUT2D eigenvalue weighted by molar-refractivity contribution is 6.33. The van der Waals surface area contributed by atoms with Crippen molar-refractivity contribution in [2.75, 3.05) is 11.9 Å². The van der Waals surface area contributed by atoms with Crippen LogP contribution in [0.2, 0.25) is 5.02 Å². The quantitative estimate of drug-likeness (QED) is 0.680. The van der Waals surface area contributed by atoms with Gasteiger partial charge in [0.2, 0.25) is 5.91 Å². The fraction of sp³-hybridized carbons (Fsp3) is 0.300. The maximum Gasteiger partial charge on any atom is 0.224 e. The molecule has 26 heavy (non-hydrogen) atoms. The third-order valence-corrected chi connectivity index (χ3v) is 4.94. The zero-order valence-corrected chi connectivity index (χ0v) is 15.1. The van der Waals surface area contributed by atoms with Gasteiger partial charge >= 0.3 is 0 Å². The van der Waals surface area contributed by atoms with E-state index in [1.807, 2.05) is 42.5 Å². The summed E-state index contributed by atoms with van der Waals surface area (Å²) in [6.45, 7) is 0.816. The molecule has 1 amide bonds. The number of hydrogen-bond donors (Lipinski definition) is 2. The Labute approximate surface area is 156 Å². The molecule has 6 heteroatoms. The number of aromatic amines is 1. The number of imidazole rings is 1. The molecule has 2 aromatic carbocycles. The summed E-state index contributed by atoms with van der Waals surface area (Å²) in [6.07, 6.45) is 3.62. The largest absolute Gasteiger partial charge is 0.378 e. The van der Waals surface area contributed by atoms with Crippen LogP contribution in [0.15, 0.2) is 42.5 Å². The zero-order chi connectivity index (χ0) is 17.9. The number of H-pyrrole nitrogens is 1. The third-order valence-electron chi connectivity index (χ3n) is 4.61. The van der Waals surface area contributed by atoms with Crippen LogP contribution in [0.3, 0.4) is 0 Å². The molecule has 0 bridgehead atoms. The van der Waals surface area contributed by atoms with Crippen LogP contribution in [0.1, 0.15) is 25.7 Å². The number of carbonyl (C=O) groups excluding carboxylic acids is 1. The van der Waals surface area contributed by atoms with E-state index in [1.54, 1.807) is 0 Å². The maximum absolute atomic E-state index is 12.2. The van der Waals surface area contributed by atoms with E-state index in [2.05, 4.69) is 15.3 Å². The lowest BCUT2D eigenvalue weighted by molar-refractivity contribution is -0.116. The summed E-state index contributed by atoms with van der Waals surface area (Å²) in [5, 5.41) is 3.60. The standard InChI is InChI=1S/C20H20ClN3O2/c21-16-6-2-1-5-15(16)20-23-17-9-7-13(12-18(17)24-20)22-19(25)10-8-14-4-3-11-26-14/h1-2,5-7,9,12,14H,3-4,8,10-11H2,(H,22,25)(H,23,24). The van der Waals surface area contributed by atoms with Crippen molar-refractivity contribution in [1.29, 1.82) is 0 Å². The zero-order valence-electron chi connectivity index (χ0n) is 14.3. The molecule has 0 saturated carbocycles. The lowest BCUT2D eigenvalue weighted by Gasteiger charge is -2.09. The van der Waals surface area contributed by atoms with Gasteiger partial charge in [-0.1, -0.05) is 23.7 Å². The first-order chi connectivity index (χ1) is 12.7. The number of nitrogens with one attached hydrogen (secondary N) is 2. The number of anilines is 1. The molecule has 1 fully saturated rings. The summed E-state index contributed by atoms with van der Waals surface area (Å²) in [7, 11) is 0. The first-order valence-corrected chi connectivity index (χ1v) is 9.23. The van der Waals surface area contributed by atoms with Crippen LogP contribution in [-0.4, -0.2) is 28.6 Å². The Kier molecular flexibility index (Phi) is 4.91. The Balaban J connectivity index is 1.47.